The Morgan fingerprint density at radius 3 is 2.20 bits per heavy atom. The van der Waals surface area contributed by atoms with Gasteiger partial charge in [-0.3, -0.25) is 0 Å². The summed E-state index contributed by atoms with van der Waals surface area (Å²) in [4.78, 5) is 0. The minimum atomic E-state index is -3.67. The van der Waals surface area contributed by atoms with E-state index in [-0.39, 0.29) is 16.3 Å². The average Bonchev–Trinajstić information content (AvgIpc) is 3.05. The van der Waals surface area contributed by atoms with E-state index in [9.17, 15) is 8.42 Å². The molecular weight excluding hydrogens is 336 g/mol. The zero-order valence-electron chi connectivity index (χ0n) is 14.4. The van der Waals surface area contributed by atoms with Crippen LogP contribution < -0.4 is 0 Å². The van der Waals surface area contributed by atoms with Crippen LogP contribution in [0.1, 0.15) is 31.9 Å². The SMILES string of the molecule is CC(C)(C)c1ccc(CS(=O)(=O)c2nnnn2-c2ccccc2)cc1. The molecule has 0 aliphatic carbocycles. The molecule has 0 amide bonds. The van der Waals surface area contributed by atoms with Gasteiger partial charge in [-0.2, -0.15) is 4.68 Å². The highest BCUT2D eigenvalue weighted by Crippen LogP contribution is 2.23. The molecule has 0 spiro atoms. The first-order valence-electron chi connectivity index (χ1n) is 7.93. The van der Waals surface area contributed by atoms with Gasteiger partial charge in [-0.25, -0.2) is 8.42 Å². The van der Waals surface area contributed by atoms with Gasteiger partial charge in [0, 0.05) is 0 Å². The van der Waals surface area contributed by atoms with E-state index in [0.717, 1.165) is 5.56 Å². The largest absolute Gasteiger partial charge is 0.272 e. The van der Waals surface area contributed by atoms with Gasteiger partial charge in [0.25, 0.3) is 5.16 Å². The second kappa shape index (κ2) is 6.40. The molecule has 0 radical (unpaired) electrons. The summed E-state index contributed by atoms with van der Waals surface area (Å²) in [6.07, 6.45) is 0. The molecule has 0 aliphatic heterocycles. The molecular formula is C18H20N4O2S. The van der Waals surface area contributed by atoms with Gasteiger partial charge in [0.1, 0.15) is 0 Å². The highest BCUT2D eigenvalue weighted by molar-refractivity contribution is 7.90. The molecule has 1 heterocycles. The Hall–Kier alpha value is -2.54. The van der Waals surface area contributed by atoms with Gasteiger partial charge < -0.3 is 0 Å². The molecule has 0 atom stereocenters. The number of aromatic nitrogens is 4. The number of hydrogen-bond acceptors (Lipinski definition) is 5. The molecule has 130 valence electrons. The molecule has 0 saturated carbocycles. The van der Waals surface area contributed by atoms with E-state index in [4.69, 9.17) is 0 Å². The van der Waals surface area contributed by atoms with Crippen molar-refractivity contribution in [3.63, 3.8) is 0 Å². The van der Waals surface area contributed by atoms with E-state index in [1.807, 2.05) is 30.3 Å². The average molecular weight is 356 g/mol. The quantitative estimate of drug-likeness (QED) is 0.718. The molecule has 0 fully saturated rings. The van der Waals surface area contributed by atoms with Crippen LogP contribution in [0.2, 0.25) is 0 Å². The fourth-order valence-corrected chi connectivity index (χ4v) is 3.82. The Morgan fingerprint density at radius 2 is 1.60 bits per heavy atom. The van der Waals surface area contributed by atoms with E-state index < -0.39 is 9.84 Å². The van der Waals surface area contributed by atoms with Gasteiger partial charge >= 0.3 is 0 Å². The van der Waals surface area contributed by atoms with E-state index in [1.54, 1.807) is 24.3 Å². The van der Waals surface area contributed by atoms with Crippen LogP contribution in [0.5, 0.6) is 0 Å². The molecule has 3 rings (SSSR count). The normalized spacial score (nSPS) is 12.3. The second-order valence-corrected chi connectivity index (χ2v) is 8.80. The third-order valence-corrected chi connectivity index (χ3v) is 5.42. The summed E-state index contributed by atoms with van der Waals surface area (Å²) in [7, 11) is -3.67. The van der Waals surface area contributed by atoms with Gasteiger partial charge in [0.2, 0.25) is 9.84 Å². The zero-order valence-corrected chi connectivity index (χ0v) is 15.2. The molecule has 7 heteroatoms. The van der Waals surface area contributed by atoms with Crippen molar-refractivity contribution in [3.05, 3.63) is 65.7 Å². The van der Waals surface area contributed by atoms with E-state index in [0.29, 0.717) is 11.3 Å². The molecule has 0 N–H and O–H groups in total. The van der Waals surface area contributed by atoms with E-state index in [1.165, 1.54) is 4.68 Å². The predicted molar refractivity (Wildman–Crippen MR) is 95.2 cm³/mol. The van der Waals surface area contributed by atoms with Gasteiger partial charge in [-0.1, -0.05) is 68.3 Å². The molecule has 0 aliphatic rings. The number of nitrogens with zero attached hydrogens (tertiary/aromatic N) is 4. The lowest BCUT2D eigenvalue weighted by Gasteiger charge is -2.19. The van der Waals surface area contributed by atoms with Crippen molar-refractivity contribution in [3.8, 4) is 5.69 Å². The molecule has 0 bridgehead atoms. The maximum absolute atomic E-state index is 12.8. The Labute approximate surface area is 147 Å². The van der Waals surface area contributed by atoms with Crippen LogP contribution >= 0.6 is 0 Å². The van der Waals surface area contributed by atoms with Crippen LogP contribution in [0.15, 0.2) is 59.8 Å². The fraction of sp³-hybridized carbons (Fsp3) is 0.278. The summed E-state index contributed by atoms with van der Waals surface area (Å²) < 4.78 is 26.8. The predicted octanol–water partition coefficient (Wildman–Crippen LogP) is 2.93. The van der Waals surface area contributed by atoms with Crippen LogP contribution in [-0.2, 0) is 21.0 Å². The first kappa shape index (κ1) is 17.3. The second-order valence-electron chi connectivity index (χ2n) is 6.91. The molecule has 3 aromatic rings. The number of rotatable bonds is 4. The maximum atomic E-state index is 12.8. The lowest BCUT2D eigenvalue weighted by atomic mass is 9.87. The van der Waals surface area contributed by atoms with Crippen molar-refractivity contribution >= 4 is 9.84 Å². The third kappa shape index (κ3) is 3.76. The van der Waals surface area contributed by atoms with Gasteiger partial charge in [-0.15, -0.1) is 0 Å². The smallest absolute Gasteiger partial charge is 0.220 e. The van der Waals surface area contributed by atoms with Crippen LogP contribution in [-0.4, -0.2) is 28.6 Å². The fourth-order valence-electron chi connectivity index (χ4n) is 2.49. The zero-order chi connectivity index (χ0) is 18.1. The maximum Gasteiger partial charge on any atom is 0.272 e. The minimum absolute atomic E-state index is 0.0226. The Bertz CT molecular complexity index is 956. The van der Waals surface area contributed by atoms with Gasteiger partial charge in [0.15, 0.2) is 0 Å². The molecule has 6 nitrogen and oxygen atoms in total. The van der Waals surface area contributed by atoms with Crippen LogP contribution in [0, 0.1) is 0 Å². The monoisotopic (exact) mass is 356 g/mol. The van der Waals surface area contributed by atoms with Crippen molar-refractivity contribution in [2.24, 2.45) is 0 Å². The summed E-state index contributed by atoms with van der Waals surface area (Å²) in [5, 5.41) is 10.9. The summed E-state index contributed by atoms with van der Waals surface area (Å²) in [5.41, 5.74) is 2.49. The van der Waals surface area contributed by atoms with Gasteiger partial charge in [0.05, 0.1) is 11.4 Å². The molecule has 1 aromatic heterocycles. The summed E-state index contributed by atoms with van der Waals surface area (Å²) in [6, 6.07) is 16.6. The lowest BCUT2D eigenvalue weighted by Crippen LogP contribution is -2.14. The topological polar surface area (TPSA) is 77.7 Å². The van der Waals surface area contributed by atoms with Crippen molar-refractivity contribution in [2.75, 3.05) is 0 Å². The first-order valence-corrected chi connectivity index (χ1v) is 9.58. The standard InChI is InChI=1S/C18H20N4O2S/c1-18(2,3)15-11-9-14(10-12-15)13-25(23,24)17-19-20-21-22(17)16-7-5-4-6-8-16/h4-12H,13H2,1-3H3. The molecule has 2 aromatic carbocycles. The Kier molecular flexibility index (Phi) is 4.43. The van der Waals surface area contributed by atoms with Crippen LogP contribution in [0.4, 0.5) is 0 Å². The molecule has 25 heavy (non-hydrogen) atoms. The highest BCUT2D eigenvalue weighted by atomic mass is 32.2. The number of hydrogen-bond donors (Lipinski definition) is 0. The number of sulfone groups is 1. The number of para-hydroxylation sites is 1. The Balaban J connectivity index is 1.90. The minimum Gasteiger partial charge on any atom is -0.220 e. The van der Waals surface area contributed by atoms with Crippen LogP contribution in [0.25, 0.3) is 5.69 Å². The van der Waals surface area contributed by atoms with Gasteiger partial charge in [-0.05, 0) is 39.1 Å². The number of tetrazole rings is 1. The summed E-state index contributed by atoms with van der Waals surface area (Å²) in [5.74, 6) is -0.148. The highest BCUT2D eigenvalue weighted by Gasteiger charge is 2.24. The molecule has 0 unspecified atom stereocenters. The first-order chi connectivity index (χ1) is 11.8. The van der Waals surface area contributed by atoms with E-state index in [2.05, 4.69) is 36.3 Å². The van der Waals surface area contributed by atoms with Crippen LogP contribution in [0.3, 0.4) is 0 Å². The van der Waals surface area contributed by atoms with Crippen molar-refractivity contribution in [1.82, 2.24) is 20.2 Å². The Morgan fingerprint density at radius 1 is 0.960 bits per heavy atom. The summed E-state index contributed by atoms with van der Waals surface area (Å²) >= 11 is 0. The van der Waals surface area contributed by atoms with E-state index >= 15 is 0 Å². The van der Waals surface area contributed by atoms with Crippen molar-refractivity contribution in [1.29, 1.82) is 0 Å². The lowest BCUT2D eigenvalue weighted by molar-refractivity contribution is 0.579. The van der Waals surface area contributed by atoms with Crippen molar-refractivity contribution < 1.29 is 8.42 Å². The summed E-state index contributed by atoms with van der Waals surface area (Å²) in [6.45, 7) is 6.35. The number of benzene rings is 2. The third-order valence-electron chi connectivity index (χ3n) is 3.90. The molecule has 0 saturated heterocycles. The van der Waals surface area contributed by atoms with Crippen molar-refractivity contribution in [2.45, 2.75) is 37.1 Å².